The Morgan fingerprint density at radius 1 is 1.48 bits per heavy atom. The highest BCUT2D eigenvalue weighted by atomic mass is 35.5. The van der Waals surface area contributed by atoms with Crippen LogP contribution in [0.2, 0.25) is 0 Å². The number of piperidine rings is 1. The molecule has 2 aromatic rings. The summed E-state index contributed by atoms with van der Waals surface area (Å²) in [5.74, 6) is 0.559. The van der Waals surface area contributed by atoms with E-state index >= 15 is 0 Å². The van der Waals surface area contributed by atoms with Gasteiger partial charge in [0.15, 0.2) is 0 Å². The maximum atomic E-state index is 12.4. The highest BCUT2D eigenvalue weighted by Crippen LogP contribution is 2.34. The number of thiophene rings is 1. The fraction of sp³-hybridized carbons (Fsp3) is 0.533. The van der Waals surface area contributed by atoms with Gasteiger partial charge in [0.2, 0.25) is 5.91 Å². The summed E-state index contributed by atoms with van der Waals surface area (Å²) in [6, 6.07) is 0.121. The maximum Gasteiger partial charge on any atom is 0.233 e. The second-order valence-corrected chi connectivity index (χ2v) is 7.84. The Kier molecular flexibility index (Phi) is 6.25. The summed E-state index contributed by atoms with van der Waals surface area (Å²) in [5.41, 5.74) is 7.17. The Morgan fingerprint density at radius 2 is 2.26 bits per heavy atom. The molecule has 2 N–H and O–H groups in total. The Labute approximate surface area is 150 Å². The smallest absolute Gasteiger partial charge is 0.233 e. The van der Waals surface area contributed by atoms with Crippen molar-refractivity contribution in [3.63, 3.8) is 0 Å². The molecule has 1 saturated heterocycles. The van der Waals surface area contributed by atoms with Crippen molar-refractivity contribution in [3.05, 3.63) is 16.8 Å². The molecular weight excluding hydrogens is 352 g/mol. The third-order valence-electron chi connectivity index (χ3n) is 4.07. The number of rotatable bonds is 3. The Balaban J connectivity index is 0.00000192. The van der Waals surface area contributed by atoms with Crippen molar-refractivity contribution in [3.8, 4) is 0 Å². The normalized spacial score (nSPS) is 18.0. The molecule has 2 aromatic heterocycles. The van der Waals surface area contributed by atoms with Crippen molar-refractivity contribution in [1.82, 2.24) is 14.9 Å². The molecule has 0 radical (unpaired) electrons. The summed E-state index contributed by atoms with van der Waals surface area (Å²) in [6.45, 7) is 5.68. The van der Waals surface area contributed by atoms with Crippen LogP contribution in [0.25, 0.3) is 10.2 Å². The molecule has 1 atom stereocenters. The van der Waals surface area contributed by atoms with Gasteiger partial charge >= 0.3 is 0 Å². The van der Waals surface area contributed by atoms with Gasteiger partial charge in [-0.05, 0) is 32.3 Å². The maximum absolute atomic E-state index is 12.4. The van der Waals surface area contributed by atoms with E-state index in [9.17, 15) is 4.79 Å². The molecule has 0 aliphatic carbocycles. The molecule has 1 amide bonds. The number of thioether (sulfide) groups is 1. The number of aryl methyl sites for hydroxylation is 2. The molecule has 23 heavy (non-hydrogen) atoms. The van der Waals surface area contributed by atoms with Crippen LogP contribution in [-0.4, -0.2) is 45.7 Å². The van der Waals surface area contributed by atoms with E-state index in [4.69, 9.17) is 5.73 Å². The van der Waals surface area contributed by atoms with Crippen LogP contribution < -0.4 is 5.73 Å². The van der Waals surface area contributed by atoms with Crippen LogP contribution in [0.4, 0.5) is 0 Å². The largest absolute Gasteiger partial charge is 0.340 e. The van der Waals surface area contributed by atoms with Crippen LogP contribution in [0.15, 0.2) is 11.4 Å². The lowest BCUT2D eigenvalue weighted by Gasteiger charge is -2.30. The molecule has 0 spiro atoms. The third kappa shape index (κ3) is 3.96. The van der Waals surface area contributed by atoms with E-state index in [0.717, 1.165) is 34.6 Å². The molecule has 3 rings (SSSR count). The van der Waals surface area contributed by atoms with E-state index in [0.29, 0.717) is 12.3 Å². The SMILES string of the molecule is Cc1sc2ncnc(SCC(=O)N3CCCC(N)C3)c2c1C.Cl. The number of likely N-dealkylation sites (tertiary alicyclic amines) is 1. The lowest BCUT2D eigenvalue weighted by Crippen LogP contribution is -2.46. The molecule has 0 bridgehead atoms. The molecule has 1 unspecified atom stereocenters. The molecule has 0 saturated carbocycles. The van der Waals surface area contributed by atoms with Gasteiger partial charge in [-0.15, -0.1) is 23.7 Å². The van der Waals surface area contributed by atoms with Crippen molar-refractivity contribution in [1.29, 1.82) is 0 Å². The van der Waals surface area contributed by atoms with Gasteiger partial charge in [-0.1, -0.05) is 11.8 Å². The fourth-order valence-electron chi connectivity index (χ4n) is 2.72. The highest BCUT2D eigenvalue weighted by molar-refractivity contribution is 8.00. The number of halogens is 1. The number of fused-ring (bicyclic) bond motifs is 1. The average molecular weight is 373 g/mol. The van der Waals surface area contributed by atoms with Crippen molar-refractivity contribution in [2.75, 3.05) is 18.8 Å². The Morgan fingerprint density at radius 3 is 3.00 bits per heavy atom. The van der Waals surface area contributed by atoms with Crippen molar-refractivity contribution < 1.29 is 4.79 Å². The molecule has 1 aliphatic rings. The van der Waals surface area contributed by atoms with Gasteiger partial charge in [-0.25, -0.2) is 9.97 Å². The zero-order valence-electron chi connectivity index (χ0n) is 13.2. The molecule has 3 heterocycles. The minimum atomic E-state index is 0. The summed E-state index contributed by atoms with van der Waals surface area (Å²) in [6.07, 6.45) is 3.59. The van der Waals surface area contributed by atoms with Gasteiger partial charge in [0.1, 0.15) is 16.2 Å². The predicted octanol–water partition coefficient (Wildman–Crippen LogP) is 2.77. The molecule has 126 valence electrons. The first-order valence-electron chi connectivity index (χ1n) is 7.43. The van der Waals surface area contributed by atoms with Crippen LogP contribution in [0.5, 0.6) is 0 Å². The number of hydrogen-bond acceptors (Lipinski definition) is 6. The molecule has 0 aromatic carbocycles. The topological polar surface area (TPSA) is 72.1 Å². The summed E-state index contributed by atoms with van der Waals surface area (Å²) in [4.78, 5) is 25.2. The number of nitrogens with zero attached hydrogens (tertiary/aromatic N) is 3. The number of amides is 1. The van der Waals surface area contributed by atoms with Gasteiger partial charge < -0.3 is 10.6 Å². The first-order valence-corrected chi connectivity index (χ1v) is 9.23. The monoisotopic (exact) mass is 372 g/mol. The lowest BCUT2D eigenvalue weighted by atomic mass is 10.1. The minimum Gasteiger partial charge on any atom is -0.340 e. The summed E-state index contributed by atoms with van der Waals surface area (Å²) in [5, 5.41) is 2.00. The molecule has 8 heteroatoms. The Bertz CT molecular complexity index is 706. The minimum absolute atomic E-state index is 0. The first-order chi connectivity index (χ1) is 10.6. The lowest BCUT2D eigenvalue weighted by molar-refractivity contribution is -0.129. The van der Waals surface area contributed by atoms with E-state index in [1.807, 2.05) is 4.90 Å². The second kappa shape index (κ2) is 7.79. The zero-order valence-corrected chi connectivity index (χ0v) is 15.7. The number of carbonyl (C=O) groups is 1. The Hall–Kier alpha value is -0.890. The van der Waals surface area contributed by atoms with Crippen LogP contribution in [0.1, 0.15) is 23.3 Å². The van der Waals surface area contributed by atoms with E-state index < -0.39 is 0 Å². The zero-order chi connectivity index (χ0) is 15.7. The van der Waals surface area contributed by atoms with Gasteiger partial charge in [0.05, 0.1) is 5.75 Å². The third-order valence-corrected chi connectivity index (χ3v) is 6.16. The van der Waals surface area contributed by atoms with Gasteiger partial charge in [-0.2, -0.15) is 0 Å². The van der Waals surface area contributed by atoms with Crippen LogP contribution in [0, 0.1) is 13.8 Å². The standard InChI is InChI=1S/C15H20N4OS2.ClH/c1-9-10(2)22-15-13(9)14(17-8-18-15)21-7-12(20)19-5-3-4-11(16)6-19;/h8,11H,3-7,16H2,1-2H3;1H. The molecule has 1 fully saturated rings. The molecular formula is C15H21ClN4OS2. The van der Waals surface area contributed by atoms with E-state index in [1.165, 1.54) is 22.2 Å². The van der Waals surface area contributed by atoms with Crippen molar-refractivity contribution in [2.45, 2.75) is 37.8 Å². The summed E-state index contributed by atoms with van der Waals surface area (Å²) in [7, 11) is 0. The first kappa shape index (κ1) is 18.4. The quantitative estimate of drug-likeness (QED) is 0.662. The fourth-order valence-corrected chi connectivity index (χ4v) is 4.74. The van der Waals surface area contributed by atoms with Gasteiger partial charge in [0, 0.05) is 29.4 Å². The molecule has 5 nitrogen and oxygen atoms in total. The number of hydrogen-bond donors (Lipinski definition) is 1. The van der Waals surface area contributed by atoms with Crippen LogP contribution >= 0.6 is 35.5 Å². The van der Waals surface area contributed by atoms with E-state index in [2.05, 4.69) is 23.8 Å². The van der Waals surface area contributed by atoms with Crippen LogP contribution in [0.3, 0.4) is 0 Å². The second-order valence-electron chi connectivity index (χ2n) is 5.67. The molecule has 1 aliphatic heterocycles. The van der Waals surface area contributed by atoms with E-state index in [-0.39, 0.29) is 24.4 Å². The number of aromatic nitrogens is 2. The highest BCUT2D eigenvalue weighted by Gasteiger charge is 2.22. The number of nitrogens with two attached hydrogens (primary N) is 1. The van der Waals surface area contributed by atoms with Crippen molar-refractivity contribution >= 4 is 51.6 Å². The van der Waals surface area contributed by atoms with Gasteiger partial charge in [0.25, 0.3) is 0 Å². The number of carbonyl (C=O) groups excluding carboxylic acids is 1. The summed E-state index contributed by atoms with van der Waals surface area (Å²) < 4.78 is 0. The average Bonchev–Trinajstić information content (AvgIpc) is 2.80. The van der Waals surface area contributed by atoms with Crippen molar-refractivity contribution in [2.24, 2.45) is 5.73 Å². The summed E-state index contributed by atoms with van der Waals surface area (Å²) >= 11 is 3.18. The van der Waals surface area contributed by atoms with E-state index in [1.54, 1.807) is 17.7 Å². The van der Waals surface area contributed by atoms with Crippen LogP contribution in [-0.2, 0) is 4.79 Å². The van der Waals surface area contributed by atoms with Gasteiger partial charge in [-0.3, -0.25) is 4.79 Å². The predicted molar refractivity (Wildman–Crippen MR) is 98.7 cm³/mol.